The molecule has 0 spiro atoms. The summed E-state index contributed by atoms with van der Waals surface area (Å²) in [6, 6.07) is 11.0. The van der Waals surface area contributed by atoms with Gasteiger partial charge in [-0.05, 0) is 35.9 Å². The normalized spacial score (nSPS) is 14.9. The Bertz CT molecular complexity index is 1150. The average molecular weight is 428 g/mol. The van der Waals surface area contributed by atoms with Crippen LogP contribution in [0.4, 0.5) is 4.39 Å². The quantitative estimate of drug-likeness (QED) is 0.642. The first-order valence-corrected chi connectivity index (χ1v) is 10.5. The fraction of sp³-hybridized carbons (Fsp3) is 0.190. The second-order valence-corrected chi connectivity index (χ2v) is 8.13. The molecular formula is C21H17FN2O5S. The molecule has 0 fully saturated rings. The maximum absolute atomic E-state index is 14.1. The summed E-state index contributed by atoms with van der Waals surface area (Å²) in [6.07, 6.45) is -0.0879. The van der Waals surface area contributed by atoms with E-state index in [4.69, 9.17) is 14.6 Å². The van der Waals surface area contributed by atoms with Gasteiger partial charge in [0.05, 0.1) is 30.7 Å². The molecule has 1 aliphatic rings. The van der Waals surface area contributed by atoms with Crippen molar-refractivity contribution in [2.24, 2.45) is 0 Å². The van der Waals surface area contributed by atoms with Crippen molar-refractivity contribution in [3.05, 3.63) is 65.1 Å². The standard InChI is InChI=1S/C21H17FN2O5S/c1-28-18-7-4-13(9-16(18)22)20-23-17-11-30(27)10-15(17)21(24-20)29-14-5-2-12(3-6-14)8-19(25)26/h2-7,9H,8,10-11H2,1H3,(H,25,26). The van der Waals surface area contributed by atoms with E-state index in [9.17, 15) is 13.4 Å². The molecule has 7 nitrogen and oxygen atoms in total. The summed E-state index contributed by atoms with van der Waals surface area (Å²) in [5.74, 6) is 0.162. The second-order valence-electron chi connectivity index (χ2n) is 6.67. The molecule has 1 aliphatic heterocycles. The summed E-state index contributed by atoms with van der Waals surface area (Å²) in [6.45, 7) is 0. The highest BCUT2D eigenvalue weighted by Gasteiger charge is 2.26. The van der Waals surface area contributed by atoms with E-state index in [0.717, 1.165) is 0 Å². The molecule has 0 amide bonds. The molecule has 0 saturated carbocycles. The van der Waals surface area contributed by atoms with Gasteiger partial charge in [0, 0.05) is 21.9 Å². The van der Waals surface area contributed by atoms with Gasteiger partial charge in [-0.15, -0.1) is 0 Å². The van der Waals surface area contributed by atoms with Crippen LogP contribution in [0.2, 0.25) is 0 Å². The predicted octanol–water partition coefficient (Wildman–Crippen LogP) is 3.47. The van der Waals surface area contributed by atoms with Crippen molar-refractivity contribution in [1.29, 1.82) is 0 Å². The van der Waals surface area contributed by atoms with Gasteiger partial charge in [-0.1, -0.05) is 12.1 Å². The van der Waals surface area contributed by atoms with Crippen LogP contribution in [0.5, 0.6) is 17.4 Å². The lowest BCUT2D eigenvalue weighted by Crippen LogP contribution is -2.02. The molecule has 4 rings (SSSR count). The summed E-state index contributed by atoms with van der Waals surface area (Å²) >= 11 is 0. The number of hydrogen-bond donors (Lipinski definition) is 1. The van der Waals surface area contributed by atoms with E-state index in [2.05, 4.69) is 9.97 Å². The zero-order valence-electron chi connectivity index (χ0n) is 15.9. The van der Waals surface area contributed by atoms with Crippen LogP contribution in [0.25, 0.3) is 11.4 Å². The summed E-state index contributed by atoms with van der Waals surface area (Å²) in [7, 11) is 0.268. The molecule has 2 aromatic carbocycles. The van der Waals surface area contributed by atoms with Gasteiger partial charge in [-0.3, -0.25) is 9.00 Å². The molecule has 9 heteroatoms. The van der Waals surface area contributed by atoms with Gasteiger partial charge in [0.2, 0.25) is 5.88 Å². The van der Waals surface area contributed by atoms with Gasteiger partial charge in [0.25, 0.3) is 0 Å². The minimum Gasteiger partial charge on any atom is -0.494 e. The summed E-state index contributed by atoms with van der Waals surface area (Å²) in [5.41, 5.74) is 2.33. The number of ether oxygens (including phenoxy) is 2. The molecule has 0 aliphatic carbocycles. The lowest BCUT2D eigenvalue weighted by Gasteiger charge is -2.12. The van der Waals surface area contributed by atoms with Crippen molar-refractivity contribution in [2.45, 2.75) is 17.9 Å². The summed E-state index contributed by atoms with van der Waals surface area (Å²) in [5, 5.41) is 8.88. The molecule has 1 aromatic heterocycles. The molecule has 2 heterocycles. The zero-order chi connectivity index (χ0) is 21.3. The molecule has 0 radical (unpaired) electrons. The van der Waals surface area contributed by atoms with E-state index >= 15 is 0 Å². The Balaban J connectivity index is 1.70. The number of carbonyl (C=O) groups is 1. The first kappa shape index (κ1) is 20.0. The fourth-order valence-electron chi connectivity index (χ4n) is 3.12. The first-order chi connectivity index (χ1) is 14.4. The maximum Gasteiger partial charge on any atom is 0.307 e. The van der Waals surface area contributed by atoms with Gasteiger partial charge in [0.15, 0.2) is 17.4 Å². The van der Waals surface area contributed by atoms with Crippen LogP contribution in [0.1, 0.15) is 16.8 Å². The summed E-state index contributed by atoms with van der Waals surface area (Å²) < 4.78 is 37.1. The molecule has 0 bridgehead atoms. The van der Waals surface area contributed by atoms with E-state index in [1.807, 2.05) is 0 Å². The van der Waals surface area contributed by atoms with Crippen LogP contribution < -0.4 is 9.47 Å². The largest absolute Gasteiger partial charge is 0.494 e. The van der Waals surface area contributed by atoms with E-state index in [0.29, 0.717) is 28.1 Å². The Kier molecular flexibility index (Phi) is 5.45. The Labute approximate surface area is 174 Å². The lowest BCUT2D eigenvalue weighted by molar-refractivity contribution is -0.136. The Morgan fingerprint density at radius 2 is 1.93 bits per heavy atom. The van der Waals surface area contributed by atoms with Gasteiger partial charge < -0.3 is 14.6 Å². The van der Waals surface area contributed by atoms with Crippen LogP contribution in [0.15, 0.2) is 42.5 Å². The van der Waals surface area contributed by atoms with Crippen molar-refractivity contribution < 1.29 is 28.0 Å². The number of fused-ring (bicyclic) bond motifs is 1. The van der Waals surface area contributed by atoms with Crippen molar-refractivity contribution in [3.63, 3.8) is 0 Å². The number of aliphatic carboxylic acids is 1. The van der Waals surface area contributed by atoms with Crippen molar-refractivity contribution in [3.8, 4) is 28.8 Å². The highest BCUT2D eigenvalue weighted by Crippen LogP contribution is 2.34. The van der Waals surface area contributed by atoms with Crippen molar-refractivity contribution in [2.75, 3.05) is 7.11 Å². The number of methoxy groups -OCH3 is 1. The molecule has 1 atom stereocenters. The molecule has 1 N–H and O–H groups in total. The smallest absolute Gasteiger partial charge is 0.307 e. The fourth-order valence-corrected chi connectivity index (χ4v) is 4.37. The van der Waals surface area contributed by atoms with Crippen LogP contribution in [0, 0.1) is 5.82 Å². The second kappa shape index (κ2) is 8.19. The third-order valence-corrected chi connectivity index (χ3v) is 5.77. The molecule has 0 saturated heterocycles. The van der Waals surface area contributed by atoms with Crippen molar-refractivity contribution in [1.82, 2.24) is 9.97 Å². The molecule has 1 unspecified atom stereocenters. The maximum atomic E-state index is 14.1. The number of aromatic nitrogens is 2. The highest BCUT2D eigenvalue weighted by molar-refractivity contribution is 7.83. The number of hydrogen-bond acceptors (Lipinski definition) is 6. The number of rotatable bonds is 6. The van der Waals surface area contributed by atoms with Crippen LogP contribution in [-0.4, -0.2) is 32.4 Å². The molecule has 154 valence electrons. The molecule has 3 aromatic rings. The third-order valence-electron chi connectivity index (χ3n) is 4.56. The summed E-state index contributed by atoms with van der Waals surface area (Å²) in [4.78, 5) is 19.7. The average Bonchev–Trinajstić information content (AvgIpc) is 3.09. The number of nitrogens with zero attached hydrogens (tertiary/aromatic N) is 2. The van der Waals surface area contributed by atoms with E-state index in [-0.39, 0.29) is 35.4 Å². The highest BCUT2D eigenvalue weighted by atomic mass is 32.2. The van der Waals surface area contributed by atoms with E-state index < -0.39 is 22.6 Å². The van der Waals surface area contributed by atoms with Gasteiger partial charge in [0.1, 0.15) is 5.75 Å². The van der Waals surface area contributed by atoms with Gasteiger partial charge in [-0.2, -0.15) is 4.98 Å². The number of halogens is 1. The first-order valence-electron chi connectivity index (χ1n) is 9.00. The number of carboxylic acid groups (broad SMARTS) is 1. The Hall–Kier alpha value is -3.33. The van der Waals surface area contributed by atoms with Crippen molar-refractivity contribution >= 4 is 16.8 Å². The number of carboxylic acids is 1. The van der Waals surface area contributed by atoms with Gasteiger partial charge in [-0.25, -0.2) is 9.37 Å². The lowest BCUT2D eigenvalue weighted by atomic mass is 10.1. The third kappa shape index (κ3) is 4.16. The van der Waals surface area contributed by atoms with Crippen LogP contribution >= 0.6 is 0 Å². The van der Waals surface area contributed by atoms with E-state index in [1.54, 1.807) is 30.3 Å². The molecular weight excluding hydrogens is 411 g/mol. The monoisotopic (exact) mass is 428 g/mol. The van der Waals surface area contributed by atoms with Gasteiger partial charge >= 0.3 is 5.97 Å². The van der Waals surface area contributed by atoms with Crippen LogP contribution in [0.3, 0.4) is 0 Å². The minimum absolute atomic E-state index is 0.0879. The predicted molar refractivity (Wildman–Crippen MR) is 107 cm³/mol. The van der Waals surface area contributed by atoms with Crippen LogP contribution in [-0.2, 0) is 33.5 Å². The zero-order valence-corrected chi connectivity index (χ0v) is 16.7. The van der Waals surface area contributed by atoms with E-state index in [1.165, 1.54) is 19.2 Å². The minimum atomic E-state index is -1.11. The molecule has 30 heavy (non-hydrogen) atoms. The Morgan fingerprint density at radius 3 is 2.60 bits per heavy atom. The Morgan fingerprint density at radius 1 is 1.17 bits per heavy atom. The topological polar surface area (TPSA) is 98.6 Å². The number of benzene rings is 2. The SMILES string of the molecule is COc1ccc(-c2nc3c(c(Oc4ccc(CC(=O)O)cc4)n2)CS(=O)C3)cc1F.